The van der Waals surface area contributed by atoms with Gasteiger partial charge in [-0.15, -0.1) is 0 Å². The van der Waals surface area contributed by atoms with E-state index in [-0.39, 0.29) is 11.8 Å². The molecular weight excluding hydrogens is 426 g/mol. The Kier molecular flexibility index (Phi) is 8.29. The van der Waals surface area contributed by atoms with Gasteiger partial charge in [0.25, 0.3) is 0 Å². The van der Waals surface area contributed by atoms with Gasteiger partial charge in [0.15, 0.2) is 16.8 Å². The first-order valence-electron chi connectivity index (χ1n) is 10.7. The molecule has 2 aromatic rings. The number of anilines is 3. The van der Waals surface area contributed by atoms with E-state index in [0.717, 1.165) is 37.2 Å². The molecule has 0 radical (unpaired) electrons. The minimum Gasteiger partial charge on any atom is -0.382 e. The molecule has 2 N–H and O–H groups in total. The maximum atomic E-state index is 13.2. The molecule has 1 aromatic heterocycles. The molecule has 172 valence electrons. The number of likely N-dealkylation sites (N-methyl/N-ethyl adjacent to an activating group) is 1. The first kappa shape index (κ1) is 23.8. The molecule has 3 amide bonds. The van der Waals surface area contributed by atoms with E-state index in [4.69, 9.17) is 5.73 Å². The van der Waals surface area contributed by atoms with Crippen LogP contribution < -0.4 is 15.5 Å². The number of nitrogens with two attached hydrogens (primary N) is 1. The third-order valence-electron chi connectivity index (χ3n) is 5.30. The van der Waals surface area contributed by atoms with Crippen LogP contribution in [0.15, 0.2) is 35.5 Å². The Hall–Kier alpha value is -2.85. The maximum Gasteiger partial charge on any atom is 0.324 e. The van der Waals surface area contributed by atoms with Crippen LogP contribution in [0.2, 0.25) is 0 Å². The largest absolute Gasteiger partial charge is 0.382 e. The highest BCUT2D eigenvalue weighted by Crippen LogP contribution is 2.35. The summed E-state index contributed by atoms with van der Waals surface area (Å²) in [7, 11) is 3.69. The van der Waals surface area contributed by atoms with Crippen molar-refractivity contribution in [2.75, 3.05) is 61.6 Å². The third-order valence-corrected chi connectivity index (χ3v) is 6.35. The first-order chi connectivity index (χ1) is 15.4. The standard InChI is InChI=1S/C22H31N7O2S/c1-4-14-32-21-24-19(23)18(27(3)22(31)28-12-10-26(2)11-13-28)20(25-21)29(16-30)15-17-8-6-5-7-9-17/h5-9,16H,4,10-15H2,1-3H3,(H2,23,24,25). The topological polar surface area (TPSA) is 98.9 Å². The average Bonchev–Trinajstić information content (AvgIpc) is 2.81. The van der Waals surface area contributed by atoms with Gasteiger partial charge in [-0.1, -0.05) is 49.0 Å². The minimum atomic E-state index is -0.186. The molecule has 1 saturated heterocycles. The van der Waals surface area contributed by atoms with Crippen molar-refractivity contribution in [2.45, 2.75) is 25.0 Å². The molecule has 2 heterocycles. The van der Waals surface area contributed by atoms with E-state index in [0.29, 0.717) is 36.3 Å². The summed E-state index contributed by atoms with van der Waals surface area (Å²) < 4.78 is 0. The lowest BCUT2D eigenvalue weighted by Gasteiger charge is -2.35. The fourth-order valence-electron chi connectivity index (χ4n) is 3.47. The van der Waals surface area contributed by atoms with Crippen molar-refractivity contribution in [3.8, 4) is 0 Å². The van der Waals surface area contributed by atoms with Crippen LogP contribution >= 0.6 is 11.8 Å². The molecule has 1 aliphatic heterocycles. The lowest BCUT2D eigenvalue weighted by atomic mass is 10.2. The molecule has 1 aromatic carbocycles. The number of carbonyl (C=O) groups is 2. The van der Waals surface area contributed by atoms with E-state index in [1.165, 1.54) is 21.6 Å². The number of nitrogens with zero attached hydrogens (tertiary/aromatic N) is 6. The number of piperazine rings is 1. The van der Waals surface area contributed by atoms with Crippen LogP contribution in [0, 0.1) is 0 Å². The quantitative estimate of drug-likeness (QED) is 0.369. The lowest BCUT2D eigenvalue weighted by molar-refractivity contribution is -0.107. The van der Waals surface area contributed by atoms with Crippen molar-refractivity contribution in [2.24, 2.45) is 0 Å². The number of urea groups is 1. The number of hydrogen-bond acceptors (Lipinski definition) is 7. The number of benzene rings is 1. The predicted molar refractivity (Wildman–Crippen MR) is 129 cm³/mol. The van der Waals surface area contributed by atoms with Gasteiger partial charge in [-0.05, 0) is 19.0 Å². The van der Waals surface area contributed by atoms with Gasteiger partial charge in [0.2, 0.25) is 6.41 Å². The second kappa shape index (κ2) is 11.1. The van der Waals surface area contributed by atoms with Gasteiger partial charge in [0, 0.05) is 39.0 Å². The van der Waals surface area contributed by atoms with Crippen LogP contribution in [0.4, 0.5) is 22.1 Å². The van der Waals surface area contributed by atoms with Crippen molar-refractivity contribution in [1.29, 1.82) is 0 Å². The van der Waals surface area contributed by atoms with Gasteiger partial charge in [-0.25, -0.2) is 14.8 Å². The zero-order chi connectivity index (χ0) is 23.1. The molecule has 0 bridgehead atoms. The first-order valence-corrected chi connectivity index (χ1v) is 11.7. The Morgan fingerprint density at radius 3 is 2.50 bits per heavy atom. The summed E-state index contributed by atoms with van der Waals surface area (Å²) in [6.45, 7) is 5.24. The van der Waals surface area contributed by atoms with Crippen molar-refractivity contribution < 1.29 is 9.59 Å². The van der Waals surface area contributed by atoms with Crippen LogP contribution in [0.25, 0.3) is 0 Å². The number of amides is 3. The van der Waals surface area contributed by atoms with E-state index in [1.54, 1.807) is 11.9 Å². The Bertz CT molecular complexity index is 920. The molecular formula is C22H31N7O2S. The SMILES string of the molecule is CCCSc1nc(N)c(N(C)C(=O)N2CCN(C)CC2)c(N(C=O)Cc2ccccc2)n1. The Morgan fingerprint density at radius 2 is 1.88 bits per heavy atom. The highest BCUT2D eigenvalue weighted by molar-refractivity contribution is 7.99. The number of aromatic nitrogens is 2. The van der Waals surface area contributed by atoms with Crippen LogP contribution in [-0.4, -0.2) is 78.2 Å². The molecule has 0 aliphatic carbocycles. The summed E-state index contributed by atoms with van der Waals surface area (Å²) in [6, 6.07) is 9.44. The minimum absolute atomic E-state index is 0.179. The summed E-state index contributed by atoms with van der Waals surface area (Å²) in [5.41, 5.74) is 7.63. The summed E-state index contributed by atoms with van der Waals surface area (Å²) >= 11 is 1.48. The number of carbonyl (C=O) groups excluding carboxylic acids is 2. The molecule has 32 heavy (non-hydrogen) atoms. The van der Waals surface area contributed by atoms with Crippen molar-refractivity contribution >= 4 is 41.5 Å². The van der Waals surface area contributed by atoms with Gasteiger partial charge < -0.3 is 15.5 Å². The molecule has 0 unspecified atom stereocenters. The van der Waals surface area contributed by atoms with E-state index in [1.807, 2.05) is 37.4 Å². The average molecular weight is 458 g/mol. The van der Waals surface area contributed by atoms with Gasteiger partial charge in [0.1, 0.15) is 5.69 Å². The van der Waals surface area contributed by atoms with Gasteiger partial charge in [0.05, 0.1) is 6.54 Å². The van der Waals surface area contributed by atoms with Crippen molar-refractivity contribution in [1.82, 2.24) is 19.8 Å². The van der Waals surface area contributed by atoms with Crippen LogP contribution in [0.1, 0.15) is 18.9 Å². The Labute approximate surface area is 193 Å². The smallest absolute Gasteiger partial charge is 0.324 e. The molecule has 0 atom stereocenters. The highest BCUT2D eigenvalue weighted by Gasteiger charge is 2.29. The molecule has 0 saturated carbocycles. The van der Waals surface area contributed by atoms with Gasteiger partial charge >= 0.3 is 6.03 Å². The maximum absolute atomic E-state index is 13.2. The summed E-state index contributed by atoms with van der Waals surface area (Å²) in [6.07, 6.45) is 1.68. The Balaban J connectivity index is 1.97. The van der Waals surface area contributed by atoms with E-state index < -0.39 is 0 Å². The Morgan fingerprint density at radius 1 is 1.19 bits per heavy atom. The zero-order valence-electron chi connectivity index (χ0n) is 18.9. The monoisotopic (exact) mass is 457 g/mol. The van der Waals surface area contributed by atoms with Gasteiger partial charge in [-0.3, -0.25) is 14.6 Å². The number of thioether (sulfide) groups is 1. The number of nitrogen functional groups attached to an aromatic ring is 1. The fraction of sp³-hybridized carbons (Fsp3) is 0.455. The lowest BCUT2D eigenvalue weighted by Crippen LogP contribution is -2.51. The van der Waals surface area contributed by atoms with Gasteiger partial charge in [-0.2, -0.15) is 0 Å². The summed E-state index contributed by atoms with van der Waals surface area (Å²) in [4.78, 5) is 41.3. The van der Waals surface area contributed by atoms with E-state index in [9.17, 15) is 9.59 Å². The fourth-order valence-corrected chi connectivity index (χ4v) is 4.17. The van der Waals surface area contributed by atoms with E-state index in [2.05, 4.69) is 21.8 Å². The molecule has 0 spiro atoms. The molecule has 9 nitrogen and oxygen atoms in total. The summed E-state index contributed by atoms with van der Waals surface area (Å²) in [5.74, 6) is 1.34. The number of rotatable bonds is 8. The highest BCUT2D eigenvalue weighted by atomic mass is 32.2. The van der Waals surface area contributed by atoms with E-state index >= 15 is 0 Å². The molecule has 1 fully saturated rings. The van der Waals surface area contributed by atoms with Crippen LogP contribution in [0.3, 0.4) is 0 Å². The summed E-state index contributed by atoms with van der Waals surface area (Å²) in [5, 5.41) is 0.489. The van der Waals surface area contributed by atoms with Crippen LogP contribution in [0.5, 0.6) is 0 Å². The zero-order valence-corrected chi connectivity index (χ0v) is 19.7. The molecule has 10 heteroatoms. The van der Waals surface area contributed by atoms with Crippen molar-refractivity contribution in [3.63, 3.8) is 0 Å². The van der Waals surface area contributed by atoms with Crippen LogP contribution in [-0.2, 0) is 11.3 Å². The second-order valence-corrected chi connectivity index (χ2v) is 8.82. The van der Waals surface area contributed by atoms with Crippen molar-refractivity contribution in [3.05, 3.63) is 35.9 Å². The molecule has 1 aliphatic rings. The molecule has 3 rings (SSSR count). The second-order valence-electron chi connectivity index (χ2n) is 7.76. The predicted octanol–water partition coefficient (Wildman–Crippen LogP) is 2.53. The number of hydrogen-bond donors (Lipinski definition) is 1. The third kappa shape index (κ3) is 5.68. The normalized spacial score (nSPS) is 14.3.